The maximum atomic E-state index is 11.4. The van der Waals surface area contributed by atoms with E-state index in [2.05, 4.69) is 24.1 Å². The highest BCUT2D eigenvalue weighted by atomic mass is 32.2. The third kappa shape index (κ3) is 5.21. The maximum Gasteiger partial charge on any atom is 0.238 e. The third-order valence-electron chi connectivity index (χ3n) is 5.50. The van der Waals surface area contributed by atoms with E-state index < -0.39 is 10.0 Å². The lowest BCUT2D eigenvalue weighted by atomic mass is 10.1. The fourth-order valence-electron chi connectivity index (χ4n) is 3.62. The lowest BCUT2D eigenvalue weighted by Gasteiger charge is -2.25. The smallest absolute Gasteiger partial charge is 0.238 e. The fourth-order valence-corrected chi connectivity index (χ4v) is 5.19. The molecule has 1 aliphatic rings. The standard InChI is InChI=1S/C21H27N5O3S2/c1-14-15(2)30-21-19(14)20(24-18(25-21)13-26-9-11-29-12-10-26)23-8-7-16-3-5-17(6-4-16)31(22,27)28/h3-6H,7-13H2,1-2H3,(H2,22,27,28)(H,23,24,25). The van der Waals surface area contributed by atoms with Crippen LogP contribution >= 0.6 is 11.3 Å². The second-order valence-corrected chi connectivity index (χ2v) is 10.5. The van der Waals surface area contributed by atoms with Crippen molar-refractivity contribution in [2.24, 2.45) is 5.14 Å². The summed E-state index contributed by atoms with van der Waals surface area (Å²) in [6.07, 6.45) is 0.733. The van der Waals surface area contributed by atoms with Crippen molar-refractivity contribution in [1.82, 2.24) is 14.9 Å². The molecular formula is C21H27N5O3S2. The van der Waals surface area contributed by atoms with Crippen molar-refractivity contribution < 1.29 is 13.2 Å². The van der Waals surface area contributed by atoms with Gasteiger partial charge in [-0.15, -0.1) is 11.3 Å². The van der Waals surface area contributed by atoms with Crippen molar-refractivity contribution in [3.63, 3.8) is 0 Å². The summed E-state index contributed by atoms with van der Waals surface area (Å²) in [5.41, 5.74) is 2.23. The Bertz CT molecular complexity index is 1170. The average molecular weight is 462 g/mol. The van der Waals surface area contributed by atoms with Crippen LogP contribution in [0.2, 0.25) is 0 Å². The Hall–Kier alpha value is -2.11. The quantitative estimate of drug-likeness (QED) is 0.556. The zero-order chi connectivity index (χ0) is 22.0. The predicted octanol–water partition coefficient (Wildman–Crippen LogP) is 2.44. The highest BCUT2D eigenvalue weighted by Crippen LogP contribution is 2.33. The number of rotatable bonds is 7. The number of nitrogens with one attached hydrogen (secondary N) is 1. The van der Waals surface area contributed by atoms with Crippen molar-refractivity contribution in [1.29, 1.82) is 0 Å². The number of nitrogens with two attached hydrogens (primary N) is 1. The molecule has 1 aromatic carbocycles. The molecule has 3 N–H and O–H groups in total. The molecule has 3 aromatic rings. The number of hydrogen-bond donors (Lipinski definition) is 2. The van der Waals surface area contributed by atoms with Gasteiger partial charge in [-0.05, 0) is 43.5 Å². The van der Waals surface area contributed by atoms with Crippen LogP contribution in [0.5, 0.6) is 0 Å². The molecule has 1 saturated heterocycles. The van der Waals surface area contributed by atoms with Crippen molar-refractivity contribution in [3.8, 4) is 0 Å². The second kappa shape index (κ2) is 9.17. The van der Waals surface area contributed by atoms with E-state index in [-0.39, 0.29) is 4.90 Å². The third-order valence-corrected chi connectivity index (χ3v) is 7.53. The number of benzene rings is 1. The zero-order valence-corrected chi connectivity index (χ0v) is 19.4. The molecule has 0 amide bonds. The van der Waals surface area contributed by atoms with Gasteiger partial charge in [0.2, 0.25) is 10.0 Å². The van der Waals surface area contributed by atoms with Crippen LogP contribution in [0, 0.1) is 13.8 Å². The summed E-state index contributed by atoms with van der Waals surface area (Å²) in [5, 5.41) is 9.73. The topological polar surface area (TPSA) is 110 Å². The van der Waals surface area contributed by atoms with Gasteiger partial charge < -0.3 is 10.1 Å². The minimum Gasteiger partial charge on any atom is -0.379 e. The van der Waals surface area contributed by atoms with E-state index in [1.807, 2.05) is 0 Å². The molecule has 8 nitrogen and oxygen atoms in total. The van der Waals surface area contributed by atoms with Crippen LogP contribution < -0.4 is 10.5 Å². The molecule has 1 fully saturated rings. The van der Waals surface area contributed by atoms with Crippen molar-refractivity contribution in [3.05, 3.63) is 46.1 Å². The first-order valence-electron chi connectivity index (χ1n) is 10.2. The average Bonchev–Trinajstić information content (AvgIpc) is 3.02. The van der Waals surface area contributed by atoms with Crippen LogP contribution in [0.4, 0.5) is 5.82 Å². The molecule has 0 unspecified atom stereocenters. The Balaban J connectivity index is 1.51. The first kappa shape index (κ1) is 22.1. The number of aryl methyl sites for hydroxylation is 2. The molecule has 0 atom stereocenters. The minimum atomic E-state index is -3.67. The van der Waals surface area contributed by atoms with E-state index in [0.29, 0.717) is 13.1 Å². The van der Waals surface area contributed by atoms with Gasteiger partial charge in [-0.2, -0.15) is 0 Å². The largest absolute Gasteiger partial charge is 0.379 e. The second-order valence-electron chi connectivity index (χ2n) is 7.71. The maximum absolute atomic E-state index is 11.4. The molecule has 0 spiro atoms. The highest BCUT2D eigenvalue weighted by Gasteiger charge is 2.17. The number of thiophene rings is 1. The molecule has 0 aliphatic carbocycles. The van der Waals surface area contributed by atoms with E-state index in [9.17, 15) is 8.42 Å². The highest BCUT2D eigenvalue weighted by molar-refractivity contribution is 7.89. The number of fused-ring (bicyclic) bond motifs is 1. The van der Waals surface area contributed by atoms with E-state index in [1.165, 1.54) is 10.4 Å². The summed E-state index contributed by atoms with van der Waals surface area (Å²) in [4.78, 5) is 14.4. The summed E-state index contributed by atoms with van der Waals surface area (Å²) in [7, 11) is -3.67. The van der Waals surface area contributed by atoms with E-state index in [4.69, 9.17) is 19.8 Å². The Morgan fingerprint density at radius 3 is 2.55 bits per heavy atom. The van der Waals surface area contributed by atoms with Gasteiger partial charge in [0, 0.05) is 24.5 Å². The molecule has 1 aliphatic heterocycles. The van der Waals surface area contributed by atoms with Crippen molar-refractivity contribution in [2.45, 2.75) is 31.7 Å². The first-order valence-corrected chi connectivity index (χ1v) is 12.6. The van der Waals surface area contributed by atoms with Crippen LogP contribution in [0.1, 0.15) is 21.8 Å². The Labute approximate surface area is 186 Å². The summed E-state index contributed by atoms with van der Waals surface area (Å²) in [6.45, 7) is 8.87. The summed E-state index contributed by atoms with van der Waals surface area (Å²) in [5.74, 6) is 1.67. The molecular weight excluding hydrogens is 434 g/mol. The molecule has 166 valence electrons. The van der Waals surface area contributed by atoms with Gasteiger partial charge in [0.25, 0.3) is 0 Å². The van der Waals surface area contributed by atoms with Crippen LogP contribution in [0.15, 0.2) is 29.2 Å². The molecule has 10 heteroatoms. The summed E-state index contributed by atoms with van der Waals surface area (Å²) < 4.78 is 28.3. The minimum absolute atomic E-state index is 0.124. The summed E-state index contributed by atoms with van der Waals surface area (Å²) >= 11 is 1.70. The number of nitrogens with zero attached hydrogens (tertiary/aromatic N) is 3. The van der Waals surface area contributed by atoms with E-state index in [0.717, 1.165) is 60.1 Å². The number of ether oxygens (including phenoxy) is 1. The number of morpholine rings is 1. The Kier molecular flexibility index (Phi) is 6.54. The van der Waals surface area contributed by atoms with Crippen LogP contribution in [-0.2, 0) is 27.7 Å². The van der Waals surface area contributed by atoms with Gasteiger partial charge in [-0.3, -0.25) is 4.90 Å². The normalized spacial score (nSPS) is 15.5. The molecule has 0 radical (unpaired) electrons. The Morgan fingerprint density at radius 2 is 1.87 bits per heavy atom. The van der Waals surface area contributed by atoms with Crippen LogP contribution in [0.3, 0.4) is 0 Å². The molecule has 0 bridgehead atoms. The monoisotopic (exact) mass is 461 g/mol. The number of hydrogen-bond acceptors (Lipinski definition) is 8. The van der Waals surface area contributed by atoms with Gasteiger partial charge >= 0.3 is 0 Å². The van der Waals surface area contributed by atoms with E-state index >= 15 is 0 Å². The SMILES string of the molecule is Cc1sc2nc(CN3CCOCC3)nc(NCCc3ccc(S(N)(=O)=O)cc3)c2c1C. The zero-order valence-electron chi connectivity index (χ0n) is 17.7. The number of aromatic nitrogens is 2. The van der Waals surface area contributed by atoms with Crippen LogP contribution in [0.25, 0.3) is 10.2 Å². The molecule has 3 heterocycles. The molecule has 0 saturated carbocycles. The van der Waals surface area contributed by atoms with Crippen molar-refractivity contribution in [2.75, 3.05) is 38.2 Å². The van der Waals surface area contributed by atoms with Gasteiger partial charge in [0.1, 0.15) is 16.5 Å². The number of anilines is 1. The molecule has 31 heavy (non-hydrogen) atoms. The van der Waals surface area contributed by atoms with E-state index in [1.54, 1.807) is 35.6 Å². The number of sulfonamides is 1. The van der Waals surface area contributed by atoms with Crippen LogP contribution in [-0.4, -0.2) is 56.1 Å². The number of primary sulfonamides is 1. The van der Waals surface area contributed by atoms with Gasteiger partial charge in [-0.1, -0.05) is 12.1 Å². The first-order chi connectivity index (χ1) is 14.8. The predicted molar refractivity (Wildman–Crippen MR) is 123 cm³/mol. The van der Waals surface area contributed by atoms with Crippen molar-refractivity contribution >= 4 is 37.4 Å². The summed E-state index contributed by atoms with van der Waals surface area (Å²) in [6, 6.07) is 6.67. The molecule has 2 aromatic heterocycles. The molecule has 4 rings (SSSR count). The van der Waals surface area contributed by atoms with Gasteiger partial charge in [0.15, 0.2) is 0 Å². The van der Waals surface area contributed by atoms with Gasteiger partial charge in [0.05, 0.1) is 30.0 Å². The Morgan fingerprint density at radius 1 is 1.16 bits per heavy atom. The lowest BCUT2D eigenvalue weighted by Crippen LogP contribution is -2.36. The lowest BCUT2D eigenvalue weighted by molar-refractivity contribution is 0.0331. The van der Waals surface area contributed by atoms with Gasteiger partial charge in [-0.25, -0.2) is 23.5 Å². The fraction of sp³-hybridized carbons (Fsp3) is 0.429.